The minimum atomic E-state index is -0.922. The lowest BCUT2D eigenvalue weighted by Gasteiger charge is -2.34. The lowest BCUT2D eigenvalue weighted by Crippen LogP contribution is -2.54. The molecule has 7 nitrogen and oxygen atoms in total. The van der Waals surface area contributed by atoms with E-state index in [2.05, 4.69) is 30.2 Å². The third kappa shape index (κ3) is 8.73. The first-order chi connectivity index (χ1) is 15.1. The molecule has 0 saturated carbocycles. The molecule has 1 aromatic carbocycles. The Bertz CT molecular complexity index is 764. The van der Waals surface area contributed by atoms with Gasteiger partial charge in [0.15, 0.2) is 0 Å². The largest absolute Gasteiger partial charge is 0.444 e. The fourth-order valence-electron chi connectivity index (χ4n) is 3.27. The van der Waals surface area contributed by atoms with E-state index in [0.717, 1.165) is 24.0 Å². The van der Waals surface area contributed by atoms with Crippen molar-refractivity contribution in [3.05, 3.63) is 35.4 Å². The van der Waals surface area contributed by atoms with E-state index in [1.54, 1.807) is 25.7 Å². The summed E-state index contributed by atoms with van der Waals surface area (Å²) in [5, 5.41) is 5.58. The van der Waals surface area contributed by atoms with E-state index < -0.39 is 23.8 Å². The van der Waals surface area contributed by atoms with Gasteiger partial charge in [0.25, 0.3) is 0 Å². The van der Waals surface area contributed by atoms with Gasteiger partial charge in [0.05, 0.1) is 0 Å². The highest BCUT2D eigenvalue weighted by Crippen LogP contribution is 2.26. The monoisotopic (exact) mass is 465 g/mol. The van der Waals surface area contributed by atoms with Crippen LogP contribution in [0.1, 0.15) is 71.0 Å². The molecule has 0 aliphatic heterocycles. The first-order valence-corrected chi connectivity index (χ1v) is 11.9. The van der Waals surface area contributed by atoms with Gasteiger partial charge in [0, 0.05) is 18.8 Å². The summed E-state index contributed by atoms with van der Waals surface area (Å²) in [6.45, 7) is 12.1. The van der Waals surface area contributed by atoms with Crippen LogP contribution in [0.15, 0.2) is 24.3 Å². The molecule has 0 bridgehead atoms. The van der Waals surface area contributed by atoms with Gasteiger partial charge in [-0.15, -0.1) is 0 Å². The number of ether oxygens (including phenoxy) is 1. The predicted molar refractivity (Wildman–Crippen MR) is 131 cm³/mol. The van der Waals surface area contributed by atoms with Crippen LogP contribution in [0.3, 0.4) is 0 Å². The fourth-order valence-corrected chi connectivity index (χ4v) is 3.52. The summed E-state index contributed by atoms with van der Waals surface area (Å²) in [7, 11) is 0. The lowest BCUT2D eigenvalue weighted by atomic mass is 9.98. The maximum absolute atomic E-state index is 13.6. The summed E-state index contributed by atoms with van der Waals surface area (Å²) >= 11 is 4.28. The van der Waals surface area contributed by atoms with Gasteiger partial charge in [-0.3, -0.25) is 9.59 Å². The van der Waals surface area contributed by atoms with Crippen LogP contribution in [0.2, 0.25) is 0 Å². The van der Waals surface area contributed by atoms with E-state index in [4.69, 9.17) is 4.74 Å². The van der Waals surface area contributed by atoms with Crippen LogP contribution in [-0.4, -0.2) is 53.3 Å². The molecular weight excluding hydrogens is 426 g/mol. The van der Waals surface area contributed by atoms with Crippen LogP contribution in [0.25, 0.3) is 0 Å². The molecule has 2 N–H and O–H groups in total. The number of carbonyl (C=O) groups excluding carboxylic acids is 3. The second-order valence-corrected chi connectivity index (χ2v) is 9.18. The molecule has 0 aromatic heterocycles. The number of rotatable bonds is 11. The number of nitrogens with zero attached hydrogens (tertiary/aromatic N) is 1. The molecule has 1 aromatic rings. The molecule has 180 valence electrons. The summed E-state index contributed by atoms with van der Waals surface area (Å²) in [5.74, 6) is -0.521. The Kier molecular flexibility index (Phi) is 11.6. The van der Waals surface area contributed by atoms with Crippen LogP contribution >= 0.6 is 12.6 Å². The first-order valence-electron chi connectivity index (χ1n) is 11.3. The average molecular weight is 466 g/mol. The standard InChI is InChI=1S/C24H39N3O4S/c1-7-9-14-25-21(28)20(18-13-11-10-12-17(18)3)27(15-8-2)22(29)19(16-32)26-23(30)31-24(4,5)6/h10-13,19-20,32H,7-9,14-16H2,1-6H3,(H,25,28)(H,26,30). The number of unbranched alkanes of at least 4 members (excludes halogenated alkanes) is 1. The Balaban J connectivity index is 3.27. The average Bonchev–Trinajstić information content (AvgIpc) is 2.71. The number of benzene rings is 1. The maximum atomic E-state index is 13.6. The summed E-state index contributed by atoms with van der Waals surface area (Å²) in [4.78, 5) is 40.7. The highest BCUT2D eigenvalue weighted by atomic mass is 32.1. The Labute approximate surface area is 198 Å². The molecule has 2 atom stereocenters. The topological polar surface area (TPSA) is 87.7 Å². The van der Waals surface area contributed by atoms with Gasteiger partial charge >= 0.3 is 6.09 Å². The number of nitrogens with one attached hydrogen (secondary N) is 2. The molecule has 0 aliphatic rings. The van der Waals surface area contributed by atoms with Crippen LogP contribution < -0.4 is 10.6 Å². The third-order valence-electron chi connectivity index (χ3n) is 4.79. The lowest BCUT2D eigenvalue weighted by molar-refractivity contribution is -0.142. The summed E-state index contributed by atoms with van der Waals surface area (Å²) < 4.78 is 5.30. The van der Waals surface area contributed by atoms with Gasteiger partial charge in [-0.2, -0.15) is 12.6 Å². The summed E-state index contributed by atoms with van der Waals surface area (Å²) in [5.41, 5.74) is 0.985. The van der Waals surface area contributed by atoms with Crippen LogP contribution in [0.4, 0.5) is 4.79 Å². The van der Waals surface area contributed by atoms with Crippen molar-refractivity contribution in [2.45, 2.75) is 78.5 Å². The molecule has 2 unspecified atom stereocenters. The van der Waals surface area contributed by atoms with Crippen molar-refractivity contribution < 1.29 is 19.1 Å². The molecular formula is C24H39N3O4S. The van der Waals surface area contributed by atoms with Crippen LogP contribution in [0.5, 0.6) is 0 Å². The maximum Gasteiger partial charge on any atom is 0.408 e. The zero-order chi connectivity index (χ0) is 24.3. The van der Waals surface area contributed by atoms with E-state index in [1.165, 1.54) is 0 Å². The smallest absolute Gasteiger partial charge is 0.408 e. The van der Waals surface area contributed by atoms with E-state index in [9.17, 15) is 14.4 Å². The van der Waals surface area contributed by atoms with E-state index >= 15 is 0 Å². The van der Waals surface area contributed by atoms with Gasteiger partial charge in [0.1, 0.15) is 17.7 Å². The van der Waals surface area contributed by atoms with Crippen LogP contribution in [0, 0.1) is 6.92 Å². The number of carbonyl (C=O) groups is 3. The van der Waals surface area contributed by atoms with Crippen molar-refractivity contribution in [1.29, 1.82) is 0 Å². The third-order valence-corrected chi connectivity index (χ3v) is 5.16. The van der Waals surface area contributed by atoms with Gasteiger partial charge in [-0.25, -0.2) is 4.79 Å². The van der Waals surface area contributed by atoms with Crippen molar-refractivity contribution in [2.24, 2.45) is 0 Å². The van der Waals surface area contributed by atoms with Gasteiger partial charge < -0.3 is 20.3 Å². The SMILES string of the molecule is CCCCNC(=O)C(c1ccccc1C)N(CCC)C(=O)C(CS)NC(=O)OC(C)(C)C. The van der Waals surface area contributed by atoms with E-state index in [1.807, 2.05) is 38.1 Å². The molecule has 0 spiro atoms. The quantitative estimate of drug-likeness (QED) is 0.340. The predicted octanol–water partition coefficient (Wildman–Crippen LogP) is 4.01. The van der Waals surface area contributed by atoms with Crippen molar-refractivity contribution in [3.63, 3.8) is 0 Å². The Morgan fingerprint density at radius 2 is 1.78 bits per heavy atom. The second-order valence-electron chi connectivity index (χ2n) is 8.82. The van der Waals surface area contributed by atoms with E-state index in [-0.39, 0.29) is 17.6 Å². The molecule has 0 fully saturated rings. The van der Waals surface area contributed by atoms with Gasteiger partial charge in [0.2, 0.25) is 11.8 Å². The Hall–Kier alpha value is -2.22. The molecule has 32 heavy (non-hydrogen) atoms. The normalized spacial score (nSPS) is 13.1. The van der Waals surface area contributed by atoms with Crippen LogP contribution in [-0.2, 0) is 14.3 Å². The van der Waals surface area contributed by atoms with E-state index in [0.29, 0.717) is 19.5 Å². The molecule has 0 heterocycles. The molecule has 0 radical (unpaired) electrons. The Morgan fingerprint density at radius 3 is 2.31 bits per heavy atom. The fraction of sp³-hybridized carbons (Fsp3) is 0.625. The number of alkyl carbamates (subject to hydrolysis) is 1. The molecule has 0 saturated heterocycles. The second kappa shape index (κ2) is 13.4. The van der Waals surface area contributed by atoms with Gasteiger partial charge in [-0.05, 0) is 51.7 Å². The molecule has 1 rings (SSSR count). The molecule has 3 amide bonds. The van der Waals surface area contributed by atoms with Crippen molar-refractivity contribution >= 4 is 30.5 Å². The van der Waals surface area contributed by atoms with Crippen molar-refractivity contribution in [2.75, 3.05) is 18.8 Å². The molecule has 8 heteroatoms. The van der Waals surface area contributed by atoms with Crippen molar-refractivity contribution in [3.8, 4) is 0 Å². The summed E-state index contributed by atoms with van der Waals surface area (Å²) in [6.07, 6.45) is 1.77. The highest BCUT2D eigenvalue weighted by molar-refractivity contribution is 7.80. The number of hydrogen-bond acceptors (Lipinski definition) is 5. The number of aryl methyl sites for hydroxylation is 1. The summed E-state index contributed by atoms with van der Waals surface area (Å²) in [6, 6.07) is 5.82. The number of amides is 3. The highest BCUT2D eigenvalue weighted by Gasteiger charge is 2.35. The first kappa shape index (κ1) is 27.8. The minimum Gasteiger partial charge on any atom is -0.444 e. The zero-order valence-corrected chi connectivity index (χ0v) is 21.1. The number of hydrogen-bond donors (Lipinski definition) is 3. The Morgan fingerprint density at radius 1 is 1.12 bits per heavy atom. The van der Waals surface area contributed by atoms with Crippen molar-refractivity contribution in [1.82, 2.24) is 15.5 Å². The number of thiol groups is 1. The zero-order valence-electron chi connectivity index (χ0n) is 20.2. The minimum absolute atomic E-state index is 0.0796. The molecule has 0 aliphatic carbocycles. The van der Waals surface area contributed by atoms with Gasteiger partial charge in [-0.1, -0.05) is 44.5 Å².